The highest BCUT2D eigenvalue weighted by Crippen LogP contribution is 2.31. The zero-order valence-corrected chi connectivity index (χ0v) is 22.3. The van der Waals surface area contributed by atoms with Crippen LogP contribution in [0.1, 0.15) is 44.6 Å². The minimum Gasteiger partial charge on any atom is -0.489 e. The van der Waals surface area contributed by atoms with E-state index < -0.39 is 0 Å². The van der Waals surface area contributed by atoms with E-state index in [0.29, 0.717) is 13.2 Å². The third-order valence-electron chi connectivity index (χ3n) is 6.61. The second-order valence-corrected chi connectivity index (χ2v) is 8.83. The number of halogens is 1. The minimum absolute atomic E-state index is 0. The zero-order chi connectivity index (χ0) is 21.9. The summed E-state index contributed by atoms with van der Waals surface area (Å²) in [5, 5.41) is 7.13. The third kappa shape index (κ3) is 7.63. The average Bonchev–Trinajstić information content (AvgIpc) is 2.82. The number of benzene rings is 1. The number of rotatable bonds is 9. The first-order chi connectivity index (χ1) is 15.2. The van der Waals surface area contributed by atoms with E-state index in [1.54, 1.807) is 6.08 Å². The average molecular weight is 556 g/mol. The van der Waals surface area contributed by atoms with Crippen molar-refractivity contribution < 1.29 is 4.74 Å². The molecule has 7 heteroatoms. The van der Waals surface area contributed by atoms with Gasteiger partial charge in [-0.2, -0.15) is 0 Å². The van der Waals surface area contributed by atoms with Crippen LogP contribution in [-0.4, -0.2) is 74.2 Å². The van der Waals surface area contributed by atoms with Crippen LogP contribution in [0, 0.1) is 0 Å². The molecule has 2 saturated heterocycles. The molecule has 0 unspecified atom stereocenters. The fourth-order valence-electron chi connectivity index (χ4n) is 4.69. The Hall–Kier alpha value is -1.32. The fourth-order valence-corrected chi connectivity index (χ4v) is 4.69. The molecule has 1 aromatic rings. The number of para-hydroxylation sites is 1. The molecule has 2 aliphatic rings. The molecule has 0 aliphatic carbocycles. The van der Waals surface area contributed by atoms with Gasteiger partial charge in [0.25, 0.3) is 0 Å². The van der Waals surface area contributed by atoms with E-state index in [4.69, 9.17) is 9.73 Å². The molecular weight excluding hydrogens is 513 g/mol. The van der Waals surface area contributed by atoms with Crippen LogP contribution in [0.2, 0.25) is 0 Å². The maximum atomic E-state index is 5.80. The van der Waals surface area contributed by atoms with Crippen molar-refractivity contribution >= 4 is 29.9 Å². The lowest BCUT2D eigenvalue weighted by Crippen LogP contribution is -2.62. The Kier molecular flexibility index (Phi) is 11.8. The van der Waals surface area contributed by atoms with Crippen LogP contribution < -0.4 is 15.4 Å². The number of aliphatic imine (C=N–C) groups is 1. The predicted molar refractivity (Wildman–Crippen MR) is 145 cm³/mol. The van der Waals surface area contributed by atoms with Crippen LogP contribution in [0.5, 0.6) is 5.75 Å². The number of hydrogen-bond donors (Lipinski definition) is 2. The molecule has 2 aliphatic heterocycles. The van der Waals surface area contributed by atoms with Crippen molar-refractivity contribution in [1.82, 2.24) is 20.4 Å². The molecule has 32 heavy (non-hydrogen) atoms. The first-order valence-electron chi connectivity index (χ1n) is 11.9. The molecule has 2 fully saturated rings. The summed E-state index contributed by atoms with van der Waals surface area (Å²) in [7, 11) is 2.24. The molecule has 2 N–H and O–H groups in total. The van der Waals surface area contributed by atoms with E-state index in [1.165, 1.54) is 58.3 Å². The quantitative estimate of drug-likeness (QED) is 0.210. The van der Waals surface area contributed by atoms with Crippen molar-refractivity contribution in [3.63, 3.8) is 0 Å². The standard InChI is InChI=1S/C25H41N5O.HI/c1-4-19-31-23-12-8-7-11-22(23)20-27-24(26-5-2)28-21-25(13-17-29(3)18-14-25)30-15-9-6-10-16-30;/h4,7-8,11-12H,1,5-6,9-10,13-21H2,2-3H3,(H2,26,27,28);1H. The Labute approximate surface area is 211 Å². The smallest absolute Gasteiger partial charge is 0.191 e. The lowest BCUT2D eigenvalue weighted by Gasteiger charge is -2.50. The fraction of sp³-hybridized carbons (Fsp3) is 0.640. The van der Waals surface area contributed by atoms with Gasteiger partial charge in [-0.15, -0.1) is 24.0 Å². The van der Waals surface area contributed by atoms with Gasteiger partial charge in [0.05, 0.1) is 6.54 Å². The molecule has 0 spiro atoms. The highest BCUT2D eigenvalue weighted by molar-refractivity contribution is 14.0. The summed E-state index contributed by atoms with van der Waals surface area (Å²) in [4.78, 5) is 10.1. The summed E-state index contributed by atoms with van der Waals surface area (Å²) >= 11 is 0. The third-order valence-corrected chi connectivity index (χ3v) is 6.61. The molecule has 0 bridgehead atoms. The Morgan fingerprint density at radius 3 is 2.53 bits per heavy atom. The molecule has 6 nitrogen and oxygen atoms in total. The Morgan fingerprint density at radius 2 is 1.84 bits per heavy atom. The highest BCUT2D eigenvalue weighted by Gasteiger charge is 2.39. The normalized spacial score (nSPS) is 19.6. The van der Waals surface area contributed by atoms with Gasteiger partial charge in [-0.05, 0) is 71.9 Å². The minimum atomic E-state index is 0. The van der Waals surface area contributed by atoms with E-state index in [0.717, 1.165) is 30.4 Å². The van der Waals surface area contributed by atoms with Gasteiger partial charge in [0.2, 0.25) is 0 Å². The second-order valence-electron chi connectivity index (χ2n) is 8.83. The SMILES string of the molecule is C=CCOc1ccccc1CN=C(NCC)NCC1(N2CCCCC2)CCN(C)CC1.I. The lowest BCUT2D eigenvalue weighted by atomic mass is 9.84. The van der Waals surface area contributed by atoms with Gasteiger partial charge in [-0.25, -0.2) is 4.99 Å². The molecule has 0 saturated carbocycles. The van der Waals surface area contributed by atoms with Crippen LogP contribution in [0.15, 0.2) is 41.9 Å². The Morgan fingerprint density at radius 1 is 1.12 bits per heavy atom. The maximum Gasteiger partial charge on any atom is 0.191 e. The second kappa shape index (κ2) is 14.1. The zero-order valence-electron chi connectivity index (χ0n) is 19.9. The Balaban J connectivity index is 0.00000363. The predicted octanol–water partition coefficient (Wildman–Crippen LogP) is 3.87. The topological polar surface area (TPSA) is 52.1 Å². The number of guanidine groups is 1. The van der Waals surface area contributed by atoms with Gasteiger partial charge in [-0.1, -0.05) is 37.3 Å². The van der Waals surface area contributed by atoms with E-state index >= 15 is 0 Å². The van der Waals surface area contributed by atoms with Crippen molar-refractivity contribution in [2.45, 2.75) is 51.1 Å². The van der Waals surface area contributed by atoms with Gasteiger partial charge in [-0.3, -0.25) is 4.90 Å². The van der Waals surface area contributed by atoms with E-state index in [-0.39, 0.29) is 29.5 Å². The van der Waals surface area contributed by atoms with Crippen LogP contribution in [0.25, 0.3) is 0 Å². The van der Waals surface area contributed by atoms with Gasteiger partial charge in [0.15, 0.2) is 5.96 Å². The van der Waals surface area contributed by atoms with Crippen molar-refractivity contribution in [2.24, 2.45) is 4.99 Å². The van der Waals surface area contributed by atoms with Gasteiger partial charge >= 0.3 is 0 Å². The van der Waals surface area contributed by atoms with Crippen LogP contribution in [0.3, 0.4) is 0 Å². The number of likely N-dealkylation sites (tertiary alicyclic amines) is 2. The van der Waals surface area contributed by atoms with Crippen molar-refractivity contribution in [3.05, 3.63) is 42.5 Å². The van der Waals surface area contributed by atoms with Crippen LogP contribution in [0.4, 0.5) is 0 Å². The molecule has 180 valence electrons. The van der Waals surface area contributed by atoms with Crippen LogP contribution in [-0.2, 0) is 6.54 Å². The maximum absolute atomic E-state index is 5.80. The summed E-state index contributed by atoms with van der Waals surface area (Å²) in [6, 6.07) is 8.11. The van der Waals surface area contributed by atoms with Crippen LogP contribution >= 0.6 is 24.0 Å². The summed E-state index contributed by atoms with van der Waals surface area (Å²) in [5.41, 5.74) is 1.32. The Bertz CT molecular complexity index is 712. The first-order valence-corrected chi connectivity index (χ1v) is 11.9. The molecule has 0 atom stereocenters. The molecular formula is C25H42IN5O. The first kappa shape index (κ1) is 26.9. The van der Waals surface area contributed by atoms with E-state index in [1.807, 2.05) is 18.2 Å². The summed E-state index contributed by atoms with van der Waals surface area (Å²) < 4.78 is 5.80. The number of nitrogens with one attached hydrogen (secondary N) is 2. The molecule has 3 rings (SSSR count). The van der Waals surface area contributed by atoms with Crippen molar-refractivity contribution in [2.75, 3.05) is 52.9 Å². The van der Waals surface area contributed by atoms with E-state index in [2.05, 4.69) is 47.1 Å². The molecule has 0 radical (unpaired) electrons. The number of ether oxygens (including phenoxy) is 1. The van der Waals surface area contributed by atoms with Gasteiger partial charge in [0.1, 0.15) is 12.4 Å². The molecule has 2 heterocycles. The monoisotopic (exact) mass is 555 g/mol. The number of nitrogens with zero attached hydrogens (tertiary/aromatic N) is 3. The molecule has 0 amide bonds. The lowest BCUT2D eigenvalue weighted by molar-refractivity contribution is 0.0173. The number of hydrogen-bond acceptors (Lipinski definition) is 4. The highest BCUT2D eigenvalue weighted by atomic mass is 127. The number of piperidine rings is 2. The van der Waals surface area contributed by atoms with Crippen molar-refractivity contribution in [3.8, 4) is 5.75 Å². The molecule has 0 aromatic heterocycles. The van der Waals surface area contributed by atoms with Gasteiger partial charge in [0, 0.05) is 24.2 Å². The largest absolute Gasteiger partial charge is 0.489 e. The summed E-state index contributed by atoms with van der Waals surface area (Å²) in [6.07, 6.45) is 8.23. The van der Waals surface area contributed by atoms with Crippen molar-refractivity contribution in [1.29, 1.82) is 0 Å². The molecule has 1 aromatic carbocycles. The summed E-state index contributed by atoms with van der Waals surface area (Å²) in [5.74, 6) is 1.76. The summed E-state index contributed by atoms with van der Waals surface area (Å²) in [6.45, 7) is 13.5. The van der Waals surface area contributed by atoms with Gasteiger partial charge < -0.3 is 20.3 Å². The van der Waals surface area contributed by atoms with E-state index in [9.17, 15) is 0 Å².